The number of hydrogen-bond donors (Lipinski definition) is 0. The molecular weight excluding hydrogens is 286 g/mol. The molecule has 4 rings (SSSR count). The molecule has 2 atom stereocenters. The summed E-state index contributed by atoms with van der Waals surface area (Å²) in [6.45, 7) is 4.68. The van der Waals surface area contributed by atoms with Gasteiger partial charge in [-0.05, 0) is 37.2 Å². The minimum atomic E-state index is 0.456. The van der Waals surface area contributed by atoms with E-state index >= 15 is 0 Å². The molecule has 2 saturated heterocycles. The lowest BCUT2D eigenvalue weighted by molar-refractivity contribution is -0.0448. The van der Waals surface area contributed by atoms with Crippen LogP contribution in [0.1, 0.15) is 31.2 Å². The molecule has 23 heavy (non-hydrogen) atoms. The largest absolute Gasteiger partial charge is 0.381 e. The third kappa shape index (κ3) is 3.68. The summed E-state index contributed by atoms with van der Waals surface area (Å²) in [5.41, 5.74) is 3.07. The molecule has 0 radical (unpaired) electrons. The van der Waals surface area contributed by atoms with E-state index in [1.54, 1.807) is 5.57 Å². The van der Waals surface area contributed by atoms with E-state index in [0.29, 0.717) is 12.1 Å². The van der Waals surface area contributed by atoms with Crippen LogP contribution in [0.4, 0.5) is 0 Å². The predicted octanol–water partition coefficient (Wildman–Crippen LogP) is 3.40. The van der Waals surface area contributed by atoms with Crippen molar-refractivity contribution in [3.63, 3.8) is 0 Å². The van der Waals surface area contributed by atoms with E-state index in [-0.39, 0.29) is 0 Å². The first-order valence-corrected chi connectivity index (χ1v) is 9.03. The maximum absolute atomic E-state index is 5.84. The van der Waals surface area contributed by atoms with E-state index in [4.69, 9.17) is 9.47 Å². The number of hydrogen-bond acceptors (Lipinski definition) is 3. The summed E-state index contributed by atoms with van der Waals surface area (Å²) in [5, 5.41) is 0. The maximum atomic E-state index is 5.84. The first kappa shape index (κ1) is 15.4. The molecular formula is C20H27NO2. The number of fused-ring (bicyclic) bond motifs is 2. The van der Waals surface area contributed by atoms with Crippen molar-refractivity contribution in [3.05, 3.63) is 47.5 Å². The van der Waals surface area contributed by atoms with Crippen molar-refractivity contribution in [2.45, 2.75) is 44.3 Å². The highest BCUT2D eigenvalue weighted by Crippen LogP contribution is 2.33. The molecule has 3 nitrogen and oxygen atoms in total. The molecule has 2 fully saturated rings. The Morgan fingerprint density at radius 3 is 2.61 bits per heavy atom. The average molecular weight is 313 g/mol. The molecule has 1 aromatic rings. The van der Waals surface area contributed by atoms with Gasteiger partial charge in [0.05, 0.1) is 19.3 Å². The fraction of sp³-hybridized carbons (Fsp3) is 0.600. The lowest BCUT2D eigenvalue weighted by Crippen LogP contribution is -2.53. The van der Waals surface area contributed by atoms with Crippen LogP contribution in [0.2, 0.25) is 0 Å². The van der Waals surface area contributed by atoms with Crippen LogP contribution >= 0.6 is 0 Å². The van der Waals surface area contributed by atoms with Gasteiger partial charge >= 0.3 is 0 Å². The molecule has 3 aliphatic heterocycles. The van der Waals surface area contributed by atoms with Gasteiger partial charge in [0.25, 0.3) is 0 Å². The lowest BCUT2D eigenvalue weighted by atomic mass is 9.85. The highest BCUT2D eigenvalue weighted by Gasteiger charge is 2.35. The van der Waals surface area contributed by atoms with Crippen molar-refractivity contribution in [1.29, 1.82) is 0 Å². The number of nitrogens with zero attached hydrogens (tertiary/aromatic N) is 1. The smallest absolute Gasteiger partial charge is 0.0658 e. The van der Waals surface area contributed by atoms with Gasteiger partial charge in [-0.3, -0.25) is 4.90 Å². The molecule has 0 spiro atoms. The van der Waals surface area contributed by atoms with Gasteiger partial charge in [0.2, 0.25) is 0 Å². The van der Waals surface area contributed by atoms with Crippen LogP contribution in [0.5, 0.6) is 0 Å². The highest BCUT2D eigenvalue weighted by molar-refractivity contribution is 5.20. The normalized spacial score (nSPS) is 29.3. The second-order valence-corrected chi connectivity index (χ2v) is 7.21. The van der Waals surface area contributed by atoms with Gasteiger partial charge < -0.3 is 9.47 Å². The molecule has 124 valence electrons. The Kier molecular flexibility index (Phi) is 4.79. The topological polar surface area (TPSA) is 21.7 Å². The van der Waals surface area contributed by atoms with Crippen molar-refractivity contribution >= 4 is 0 Å². The molecule has 0 aromatic heterocycles. The van der Waals surface area contributed by atoms with Crippen molar-refractivity contribution in [2.75, 3.05) is 26.4 Å². The molecule has 3 aliphatic rings. The lowest BCUT2D eigenvalue weighted by Gasteiger charge is -2.45. The van der Waals surface area contributed by atoms with Crippen LogP contribution in [0.3, 0.4) is 0 Å². The molecule has 1 aromatic carbocycles. The van der Waals surface area contributed by atoms with E-state index in [9.17, 15) is 0 Å². The summed E-state index contributed by atoms with van der Waals surface area (Å²) in [4.78, 5) is 2.65. The fourth-order valence-corrected chi connectivity index (χ4v) is 4.26. The van der Waals surface area contributed by atoms with Gasteiger partial charge in [0.15, 0.2) is 0 Å². The van der Waals surface area contributed by atoms with E-state index in [0.717, 1.165) is 38.9 Å². The maximum Gasteiger partial charge on any atom is 0.0658 e. The molecule has 2 bridgehead atoms. The predicted molar refractivity (Wildman–Crippen MR) is 91.2 cm³/mol. The summed E-state index contributed by atoms with van der Waals surface area (Å²) < 4.78 is 11.3. The number of morpholine rings is 1. The molecule has 2 unspecified atom stereocenters. The second kappa shape index (κ2) is 7.16. The van der Waals surface area contributed by atoms with Crippen molar-refractivity contribution in [2.24, 2.45) is 5.92 Å². The fourth-order valence-electron chi connectivity index (χ4n) is 4.26. The first-order chi connectivity index (χ1) is 11.4. The van der Waals surface area contributed by atoms with Crippen molar-refractivity contribution in [1.82, 2.24) is 4.90 Å². The van der Waals surface area contributed by atoms with E-state index in [2.05, 4.69) is 41.3 Å². The summed E-state index contributed by atoms with van der Waals surface area (Å²) in [5.74, 6) is 0.831. The van der Waals surface area contributed by atoms with Gasteiger partial charge in [-0.2, -0.15) is 0 Å². The zero-order chi connectivity index (χ0) is 15.5. The zero-order valence-corrected chi connectivity index (χ0v) is 13.8. The monoisotopic (exact) mass is 313 g/mol. The van der Waals surface area contributed by atoms with E-state index in [1.165, 1.54) is 31.2 Å². The second-order valence-electron chi connectivity index (χ2n) is 7.21. The third-order valence-electron chi connectivity index (χ3n) is 5.52. The van der Waals surface area contributed by atoms with Crippen LogP contribution in [0, 0.1) is 5.92 Å². The summed E-state index contributed by atoms with van der Waals surface area (Å²) in [6.07, 6.45) is 7.43. The van der Waals surface area contributed by atoms with Crippen molar-refractivity contribution < 1.29 is 9.47 Å². The van der Waals surface area contributed by atoms with E-state index < -0.39 is 0 Å². The Labute approximate surface area is 139 Å². The Bertz CT molecular complexity index is 536. The standard InChI is InChI=1S/C20H27NO2/c1-2-4-17(5-3-1)13-21-19-11-18(12-20(21)15-23-14-19)10-16-6-8-22-9-7-16/h1-5,11,16,19-20H,6-10,12-15H2. The van der Waals surface area contributed by atoms with Crippen LogP contribution in [-0.2, 0) is 16.0 Å². The Balaban J connectivity index is 1.44. The van der Waals surface area contributed by atoms with Gasteiger partial charge in [0, 0.05) is 25.8 Å². The highest BCUT2D eigenvalue weighted by atomic mass is 16.5. The van der Waals surface area contributed by atoms with Crippen LogP contribution < -0.4 is 0 Å². The summed E-state index contributed by atoms with van der Waals surface area (Å²) >= 11 is 0. The average Bonchev–Trinajstić information content (AvgIpc) is 2.57. The number of benzene rings is 1. The Hall–Kier alpha value is -1.16. The van der Waals surface area contributed by atoms with E-state index in [1.807, 2.05) is 0 Å². The van der Waals surface area contributed by atoms with Gasteiger partial charge in [0.1, 0.15) is 0 Å². The first-order valence-electron chi connectivity index (χ1n) is 9.03. The molecule has 0 amide bonds. The van der Waals surface area contributed by atoms with Gasteiger partial charge in [-0.1, -0.05) is 42.0 Å². The molecule has 0 saturated carbocycles. The van der Waals surface area contributed by atoms with Crippen LogP contribution in [-0.4, -0.2) is 43.4 Å². The quantitative estimate of drug-likeness (QED) is 0.795. The molecule has 0 N–H and O–H groups in total. The molecule has 3 heteroatoms. The number of ether oxygens (including phenoxy) is 2. The SMILES string of the molecule is C1=C(CC2CCOCC2)CC2COCC1N2Cc1ccccc1. The Morgan fingerprint density at radius 2 is 1.83 bits per heavy atom. The number of rotatable bonds is 4. The molecule has 0 aliphatic carbocycles. The van der Waals surface area contributed by atoms with Crippen molar-refractivity contribution in [3.8, 4) is 0 Å². The summed E-state index contributed by atoms with van der Waals surface area (Å²) in [6, 6.07) is 11.8. The van der Waals surface area contributed by atoms with Gasteiger partial charge in [-0.25, -0.2) is 0 Å². The van der Waals surface area contributed by atoms with Crippen LogP contribution in [0.25, 0.3) is 0 Å². The minimum Gasteiger partial charge on any atom is -0.381 e. The van der Waals surface area contributed by atoms with Gasteiger partial charge in [-0.15, -0.1) is 0 Å². The summed E-state index contributed by atoms with van der Waals surface area (Å²) in [7, 11) is 0. The molecule has 3 heterocycles. The minimum absolute atomic E-state index is 0.456. The Morgan fingerprint density at radius 1 is 1.00 bits per heavy atom. The zero-order valence-electron chi connectivity index (χ0n) is 13.8. The third-order valence-corrected chi connectivity index (χ3v) is 5.52. The van der Waals surface area contributed by atoms with Crippen LogP contribution in [0.15, 0.2) is 42.0 Å².